The van der Waals surface area contributed by atoms with Crippen molar-refractivity contribution < 1.29 is 0 Å². The van der Waals surface area contributed by atoms with Gasteiger partial charge >= 0.3 is 0 Å². The van der Waals surface area contributed by atoms with Gasteiger partial charge in [-0.1, -0.05) is 103 Å². The molecular weight excluding hydrogens is 534 g/mol. The van der Waals surface area contributed by atoms with Crippen LogP contribution >= 0.6 is 0 Å². The fraction of sp³-hybridized carbons (Fsp3) is 0. The third-order valence-corrected chi connectivity index (χ3v) is 8.73. The van der Waals surface area contributed by atoms with Gasteiger partial charge in [0, 0.05) is 32.8 Å². The van der Waals surface area contributed by atoms with Gasteiger partial charge in [-0.3, -0.25) is 4.57 Å². The van der Waals surface area contributed by atoms with E-state index in [0.717, 1.165) is 28.1 Å². The molecule has 0 atom stereocenters. The molecule has 0 aliphatic carbocycles. The van der Waals surface area contributed by atoms with Crippen molar-refractivity contribution in [2.45, 2.75) is 0 Å². The Balaban J connectivity index is 1.23. The monoisotopic (exact) mass is 561 g/mol. The molecule has 0 saturated heterocycles. The Morgan fingerprint density at radius 2 is 0.864 bits per heavy atom. The van der Waals surface area contributed by atoms with Crippen molar-refractivity contribution in [1.29, 1.82) is 0 Å². The van der Waals surface area contributed by atoms with Crippen LogP contribution in [0, 0.1) is 0 Å². The molecule has 206 valence electrons. The minimum atomic E-state index is 0.917. The number of para-hydroxylation sites is 3. The van der Waals surface area contributed by atoms with Gasteiger partial charge in [-0.2, -0.15) is 0 Å². The Morgan fingerprint density at radius 1 is 0.341 bits per heavy atom. The maximum absolute atomic E-state index is 5.12. The molecule has 3 nitrogen and oxygen atoms in total. The van der Waals surface area contributed by atoms with E-state index in [1.54, 1.807) is 0 Å². The van der Waals surface area contributed by atoms with Crippen LogP contribution in [0.1, 0.15) is 0 Å². The van der Waals surface area contributed by atoms with Gasteiger partial charge in [-0.25, -0.2) is 4.98 Å². The summed E-state index contributed by atoms with van der Waals surface area (Å²) in [7, 11) is 0. The third kappa shape index (κ3) is 3.80. The largest absolute Gasteiger partial charge is 0.309 e. The third-order valence-electron chi connectivity index (χ3n) is 8.73. The second kappa shape index (κ2) is 9.82. The Morgan fingerprint density at radius 3 is 1.52 bits per heavy atom. The average Bonchev–Trinajstić information content (AvgIpc) is 3.61. The Labute approximate surface area is 254 Å². The summed E-state index contributed by atoms with van der Waals surface area (Å²) in [6, 6.07) is 58.3. The van der Waals surface area contributed by atoms with Crippen molar-refractivity contribution in [3.8, 4) is 33.9 Å². The molecule has 0 saturated carbocycles. The van der Waals surface area contributed by atoms with E-state index in [4.69, 9.17) is 4.98 Å². The predicted molar refractivity (Wildman–Crippen MR) is 184 cm³/mol. The molecule has 0 N–H and O–H groups in total. The highest BCUT2D eigenvalue weighted by Crippen LogP contribution is 2.38. The summed E-state index contributed by atoms with van der Waals surface area (Å²) >= 11 is 0. The normalized spacial score (nSPS) is 11.6. The summed E-state index contributed by atoms with van der Waals surface area (Å²) in [4.78, 5) is 5.12. The molecule has 9 aromatic rings. The number of nitrogens with zero attached hydrogens (tertiary/aromatic N) is 3. The van der Waals surface area contributed by atoms with Gasteiger partial charge in [0.25, 0.3) is 0 Å². The minimum absolute atomic E-state index is 0.917. The lowest BCUT2D eigenvalue weighted by Crippen LogP contribution is -1.98. The first-order chi connectivity index (χ1) is 21.8. The molecule has 3 heteroatoms. The van der Waals surface area contributed by atoms with E-state index in [1.165, 1.54) is 49.4 Å². The van der Waals surface area contributed by atoms with Crippen LogP contribution in [0.5, 0.6) is 0 Å². The van der Waals surface area contributed by atoms with Crippen molar-refractivity contribution in [3.05, 3.63) is 164 Å². The summed E-state index contributed by atoms with van der Waals surface area (Å²) < 4.78 is 4.65. The minimum Gasteiger partial charge on any atom is -0.309 e. The molecule has 0 spiro atoms. The predicted octanol–water partition coefficient (Wildman–Crippen LogP) is 10.6. The van der Waals surface area contributed by atoms with E-state index in [0.29, 0.717) is 0 Å². The van der Waals surface area contributed by atoms with E-state index in [9.17, 15) is 0 Å². The molecule has 0 aliphatic heterocycles. The number of pyridine rings is 1. The van der Waals surface area contributed by atoms with Crippen molar-refractivity contribution >= 4 is 43.6 Å². The lowest BCUT2D eigenvalue weighted by molar-refractivity contribution is 1.08. The first kappa shape index (κ1) is 24.6. The highest BCUT2D eigenvalue weighted by atomic mass is 15.1. The topological polar surface area (TPSA) is 22.8 Å². The SMILES string of the molecule is c1ccc(-c2cccc(-n3c4ccccc4c4cc(-c5ccc6c(c5)c5ccccc5n6-c5ccccc5)ccc43)n2)cc1. The lowest BCUT2D eigenvalue weighted by Gasteiger charge is -2.10. The van der Waals surface area contributed by atoms with Crippen molar-refractivity contribution in [2.24, 2.45) is 0 Å². The molecule has 0 fully saturated rings. The van der Waals surface area contributed by atoms with E-state index >= 15 is 0 Å². The summed E-state index contributed by atoms with van der Waals surface area (Å²) in [5.41, 5.74) is 10.4. The van der Waals surface area contributed by atoms with Crippen LogP contribution in [-0.4, -0.2) is 14.1 Å². The quantitative estimate of drug-likeness (QED) is 0.210. The average molecular weight is 562 g/mol. The molecule has 0 amide bonds. The summed E-state index contributed by atoms with van der Waals surface area (Å²) in [5.74, 6) is 0.917. The van der Waals surface area contributed by atoms with Gasteiger partial charge in [0.2, 0.25) is 0 Å². The molecule has 0 radical (unpaired) electrons. The molecule has 9 rings (SSSR count). The number of benzene rings is 6. The van der Waals surface area contributed by atoms with Crippen LogP contribution in [0.15, 0.2) is 164 Å². The Kier molecular flexibility index (Phi) is 5.50. The first-order valence-electron chi connectivity index (χ1n) is 15.0. The van der Waals surface area contributed by atoms with Crippen molar-refractivity contribution in [3.63, 3.8) is 0 Å². The van der Waals surface area contributed by atoms with Crippen LogP contribution < -0.4 is 0 Å². The van der Waals surface area contributed by atoms with E-state index < -0.39 is 0 Å². The highest BCUT2D eigenvalue weighted by molar-refractivity contribution is 6.12. The summed E-state index contributed by atoms with van der Waals surface area (Å²) in [6.07, 6.45) is 0. The molecule has 3 aromatic heterocycles. The zero-order valence-electron chi connectivity index (χ0n) is 23.9. The number of hydrogen-bond acceptors (Lipinski definition) is 1. The zero-order valence-corrected chi connectivity index (χ0v) is 23.9. The molecule has 44 heavy (non-hydrogen) atoms. The standard InChI is InChI=1S/C41H27N3/c1-3-12-28(13-4-1)36-18-11-21-41(42-36)44-38-20-10-8-17-33(38)35-27-30(23-25-40(35)44)29-22-24-39-34(26-29)32-16-7-9-19-37(32)43(39)31-14-5-2-6-15-31/h1-27H. The highest BCUT2D eigenvalue weighted by Gasteiger charge is 2.16. The first-order valence-corrected chi connectivity index (χ1v) is 15.0. The van der Waals surface area contributed by atoms with E-state index in [1.807, 2.05) is 6.07 Å². The van der Waals surface area contributed by atoms with E-state index in [2.05, 4.69) is 167 Å². The number of hydrogen-bond donors (Lipinski definition) is 0. The summed E-state index contributed by atoms with van der Waals surface area (Å²) in [6.45, 7) is 0. The molecular formula is C41H27N3. The molecule has 0 aliphatic rings. The lowest BCUT2D eigenvalue weighted by atomic mass is 10.0. The van der Waals surface area contributed by atoms with Crippen LogP contribution in [0.2, 0.25) is 0 Å². The molecule has 0 bridgehead atoms. The van der Waals surface area contributed by atoms with Gasteiger partial charge in [0.05, 0.1) is 27.8 Å². The Bertz CT molecular complexity index is 2480. The van der Waals surface area contributed by atoms with Crippen LogP contribution in [0.4, 0.5) is 0 Å². The second-order valence-corrected chi connectivity index (χ2v) is 11.3. The maximum Gasteiger partial charge on any atom is 0.138 e. The Hall–Kier alpha value is -5.93. The van der Waals surface area contributed by atoms with Crippen LogP contribution in [-0.2, 0) is 0 Å². The maximum atomic E-state index is 5.12. The zero-order chi connectivity index (χ0) is 29.0. The fourth-order valence-corrected chi connectivity index (χ4v) is 6.72. The smallest absolute Gasteiger partial charge is 0.138 e. The van der Waals surface area contributed by atoms with Gasteiger partial charge < -0.3 is 4.57 Å². The molecule has 3 heterocycles. The number of fused-ring (bicyclic) bond motifs is 6. The van der Waals surface area contributed by atoms with Crippen LogP contribution in [0.3, 0.4) is 0 Å². The van der Waals surface area contributed by atoms with Crippen molar-refractivity contribution in [1.82, 2.24) is 14.1 Å². The van der Waals surface area contributed by atoms with Gasteiger partial charge in [-0.05, 0) is 71.8 Å². The summed E-state index contributed by atoms with van der Waals surface area (Å²) in [5, 5.41) is 4.96. The van der Waals surface area contributed by atoms with Gasteiger partial charge in [0.1, 0.15) is 5.82 Å². The fourth-order valence-electron chi connectivity index (χ4n) is 6.72. The van der Waals surface area contributed by atoms with Gasteiger partial charge in [-0.15, -0.1) is 0 Å². The molecule has 6 aromatic carbocycles. The second-order valence-electron chi connectivity index (χ2n) is 11.3. The number of rotatable bonds is 4. The van der Waals surface area contributed by atoms with Crippen molar-refractivity contribution in [2.75, 3.05) is 0 Å². The van der Waals surface area contributed by atoms with Gasteiger partial charge in [0.15, 0.2) is 0 Å². The number of aromatic nitrogens is 3. The molecule has 0 unspecified atom stereocenters. The van der Waals surface area contributed by atoms with E-state index in [-0.39, 0.29) is 0 Å². The van der Waals surface area contributed by atoms with Crippen LogP contribution in [0.25, 0.3) is 77.5 Å².